The molecule has 3 aromatic rings. The average Bonchev–Trinajstić information content (AvgIpc) is 2.99. The van der Waals surface area contributed by atoms with Crippen LogP contribution in [0.25, 0.3) is 21.1 Å². The molecule has 0 saturated heterocycles. The highest BCUT2D eigenvalue weighted by Gasteiger charge is 2.15. The fourth-order valence-corrected chi connectivity index (χ4v) is 3.33. The van der Waals surface area contributed by atoms with Gasteiger partial charge in [0.2, 0.25) is 5.90 Å². The van der Waals surface area contributed by atoms with Gasteiger partial charge in [-0.3, -0.25) is 14.8 Å². The second-order valence-corrected chi connectivity index (χ2v) is 6.19. The van der Waals surface area contributed by atoms with Gasteiger partial charge < -0.3 is 4.74 Å². The Hall–Kier alpha value is -2.28. The minimum absolute atomic E-state index is 0.0625. The Morgan fingerprint density at radius 2 is 2.13 bits per heavy atom. The molecule has 3 rings (SSSR count). The minimum Gasteiger partial charge on any atom is -0.476 e. The number of nitrogens with one attached hydrogen (secondary N) is 1. The normalized spacial score (nSPS) is 11.2. The van der Waals surface area contributed by atoms with Crippen molar-refractivity contribution in [1.82, 2.24) is 14.5 Å². The molecule has 0 radical (unpaired) electrons. The lowest BCUT2D eigenvalue weighted by molar-refractivity contribution is 0.295. The maximum absolute atomic E-state index is 12.6. The lowest BCUT2D eigenvalue weighted by Gasteiger charge is -2.03. The molecule has 7 heteroatoms. The molecule has 0 fully saturated rings. The van der Waals surface area contributed by atoms with E-state index in [-0.39, 0.29) is 11.5 Å². The summed E-state index contributed by atoms with van der Waals surface area (Å²) >= 11 is 1.31. The summed E-state index contributed by atoms with van der Waals surface area (Å²) in [6.07, 6.45) is 3.48. The number of aryl methyl sites for hydroxylation is 1. The summed E-state index contributed by atoms with van der Waals surface area (Å²) in [5.41, 5.74) is 1.28. The topological polar surface area (TPSA) is 80.9 Å². The van der Waals surface area contributed by atoms with Crippen LogP contribution in [0.2, 0.25) is 0 Å². The Balaban J connectivity index is 2.10. The zero-order chi connectivity index (χ0) is 16.4. The Labute approximate surface area is 137 Å². The molecule has 0 saturated carbocycles. The number of benzene rings is 1. The molecule has 1 N–H and O–H groups in total. The summed E-state index contributed by atoms with van der Waals surface area (Å²) in [6.45, 7) is 5.06. The summed E-state index contributed by atoms with van der Waals surface area (Å²) in [7, 11) is 0. The SMILES string of the molecule is CCCCOC(=N)c1nc2ccc3ncn(CC)c(=O)c3c2s1. The average molecular weight is 330 g/mol. The van der Waals surface area contributed by atoms with Crippen LogP contribution in [-0.2, 0) is 11.3 Å². The van der Waals surface area contributed by atoms with E-state index in [9.17, 15) is 4.79 Å². The molecule has 0 unspecified atom stereocenters. The Morgan fingerprint density at radius 3 is 2.87 bits per heavy atom. The number of fused-ring (bicyclic) bond motifs is 3. The van der Waals surface area contributed by atoms with Crippen LogP contribution in [0.15, 0.2) is 23.3 Å². The third-order valence-electron chi connectivity index (χ3n) is 3.63. The molecule has 0 aliphatic heterocycles. The largest absolute Gasteiger partial charge is 0.476 e. The van der Waals surface area contributed by atoms with Gasteiger partial charge in [0.1, 0.15) is 0 Å². The summed E-state index contributed by atoms with van der Waals surface area (Å²) in [6, 6.07) is 3.63. The fourth-order valence-electron chi connectivity index (χ4n) is 2.33. The first-order valence-electron chi connectivity index (χ1n) is 7.66. The molecule has 0 spiro atoms. The van der Waals surface area contributed by atoms with Crippen LogP contribution in [0.4, 0.5) is 0 Å². The van der Waals surface area contributed by atoms with Crippen LogP contribution in [0, 0.1) is 5.41 Å². The van der Waals surface area contributed by atoms with E-state index in [1.807, 2.05) is 13.0 Å². The van der Waals surface area contributed by atoms with Crippen LogP contribution in [-0.4, -0.2) is 27.0 Å². The molecule has 2 aromatic heterocycles. The number of thiazole rings is 1. The van der Waals surface area contributed by atoms with Crippen molar-refractivity contribution in [2.75, 3.05) is 6.61 Å². The van der Waals surface area contributed by atoms with Gasteiger partial charge in [0, 0.05) is 6.54 Å². The second kappa shape index (κ2) is 6.45. The van der Waals surface area contributed by atoms with Gasteiger partial charge in [0.15, 0.2) is 5.01 Å². The number of ether oxygens (including phenoxy) is 1. The van der Waals surface area contributed by atoms with Crippen LogP contribution >= 0.6 is 11.3 Å². The molecule has 0 aliphatic carbocycles. The molecule has 6 nitrogen and oxygen atoms in total. The van der Waals surface area contributed by atoms with Crippen molar-refractivity contribution in [3.63, 3.8) is 0 Å². The Bertz CT molecular complexity index is 929. The molecule has 2 heterocycles. The van der Waals surface area contributed by atoms with Crippen LogP contribution < -0.4 is 5.56 Å². The lowest BCUT2D eigenvalue weighted by atomic mass is 10.2. The summed E-state index contributed by atoms with van der Waals surface area (Å²) in [5.74, 6) is 0.0625. The Morgan fingerprint density at radius 1 is 1.35 bits per heavy atom. The van der Waals surface area contributed by atoms with Gasteiger partial charge in [-0.05, 0) is 25.5 Å². The molecular weight excluding hydrogens is 312 g/mol. The van der Waals surface area contributed by atoms with Crippen LogP contribution in [0.3, 0.4) is 0 Å². The van der Waals surface area contributed by atoms with E-state index in [2.05, 4.69) is 16.9 Å². The summed E-state index contributed by atoms with van der Waals surface area (Å²) < 4.78 is 7.76. The van der Waals surface area contributed by atoms with Crippen LogP contribution in [0.5, 0.6) is 0 Å². The highest BCUT2D eigenvalue weighted by atomic mass is 32.1. The van der Waals surface area contributed by atoms with Gasteiger partial charge in [0.05, 0.1) is 34.1 Å². The first kappa shape index (κ1) is 15.6. The molecule has 0 atom stereocenters. The van der Waals surface area contributed by atoms with Crippen molar-refractivity contribution < 1.29 is 4.74 Å². The monoisotopic (exact) mass is 330 g/mol. The van der Waals surface area contributed by atoms with E-state index in [0.717, 1.165) is 17.5 Å². The number of hydrogen-bond acceptors (Lipinski definition) is 6. The molecule has 0 bridgehead atoms. The van der Waals surface area contributed by atoms with Crippen molar-refractivity contribution in [3.8, 4) is 0 Å². The number of aromatic nitrogens is 3. The predicted molar refractivity (Wildman–Crippen MR) is 92.5 cm³/mol. The van der Waals surface area contributed by atoms with E-state index in [1.54, 1.807) is 17.0 Å². The van der Waals surface area contributed by atoms with Gasteiger partial charge in [-0.2, -0.15) is 0 Å². The van der Waals surface area contributed by atoms with Gasteiger partial charge >= 0.3 is 0 Å². The predicted octanol–water partition coefficient (Wildman–Crippen LogP) is 3.17. The Kier molecular flexibility index (Phi) is 4.38. The van der Waals surface area contributed by atoms with Crippen molar-refractivity contribution in [2.24, 2.45) is 0 Å². The van der Waals surface area contributed by atoms with Crippen molar-refractivity contribution >= 4 is 38.4 Å². The van der Waals surface area contributed by atoms with E-state index < -0.39 is 0 Å². The third kappa shape index (κ3) is 2.84. The fraction of sp³-hybridized carbons (Fsp3) is 0.375. The van der Waals surface area contributed by atoms with Crippen molar-refractivity contribution in [3.05, 3.63) is 33.8 Å². The summed E-state index contributed by atoms with van der Waals surface area (Å²) in [5, 5.41) is 9.07. The van der Waals surface area contributed by atoms with Gasteiger partial charge in [0.25, 0.3) is 5.56 Å². The molecule has 1 aromatic carbocycles. The first-order chi connectivity index (χ1) is 11.2. The molecule has 0 amide bonds. The van der Waals surface area contributed by atoms with E-state index in [0.29, 0.717) is 34.6 Å². The molecule has 23 heavy (non-hydrogen) atoms. The van der Waals surface area contributed by atoms with Crippen molar-refractivity contribution in [1.29, 1.82) is 5.41 Å². The molecule has 0 aliphatic rings. The quantitative estimate of drug-likeness (QED) is 0.442. The van der Waals surface area contributed by atoms with Gasteiger partial charge in [-0.25, -0.2) is 9.97 Å². The smallest absolute Gasteiger partial charge is 0.262 e. The molecular formula is C16H18N4O2S. The van der Waals surface area contributed by atoms with E-state index in [1.165, 1.54) is 11.3 Å². The number of unbranched alkanes of at least 4 members (excludes halogenated alkanes) is 1. The zero-order valence-electron chi connectivity index (χ0n) is 13.1. The number of nitrogens with zero attached hydrogens (tertiary/aromatic N) is 3. The first-order valence-corrected chi connectivity index (χ1v) is 8.47. The lowest BCUT2D eigenvalue weighted by Crippen LogP contribution is -2.19. The maximum atomic E-state index is 12.6. The minimum atomic E-state index is -0.0725. The highest BCUT2D eigenvalue weighted by Crippen LogP contribution is 2.28. The highest BCUT2D eigenvalue weighted by molar-refractivity contribution is 7.21. The van der Waals surface area contributed by atoms with Crippen LogP contribution in [0.1, 0.15) is 31.7 Å². The van der Waals surface area contributed by atoms with E-state index >= 15 is 0 Å². The standard InChI is InChI=1S/C16H18N4O2S/c1-3-5-8-22-14(17)15-19-11-7-6-10-12(13(11)23-15)16(21)20(4-2)9-18-10/h6-7,9,17H,3-5,8H2,1-2H3. The third-order valence-corrected chi connectivity index (χ3v) is 4.71. The summed E-state index contributed by atoms with van der Waals surface area (Å²) in [4.78, 5) is 21.3. The zero-order valence-corrected chi connectivity index (χ0v) is 13.9. The number of hydrogen-bond donors (Lipinski definition) is 1. The van der Waals surface area contributed by atoms with Gasteiger partial charge in [-0.15, -0.1) is 11.3 Å². The number of rotatable bonds is 5. The van der Waals surface area contributed by atoms with E-state index in [4.69, 9.17) is 10.1 Å². The van der Waals surface area contributed by atoms with Crippen molar-refractivity contribution in [2.45, 2.75) is 33.2 Å². The second-order valence-electron chi connectivity index (χ2n) is 5.19. The molecule has 120 valence electrons. The van der Waals surface area contributed by atoms with Gasteiger partial charge in [-0.1, -0.05) is 13.3 Å². The maximum Gasteiger partial charge on any atom is 0.262 e.